The summed E-state index contributed by atoms with van der Waals surface area (Å²) >= 11 is 6.30. The molecule has 0 amide bonds. The maximum Gasteiger partial charge on any atom is 0.0438 e. The predicted molar refractivity (Wildman–Crippen MR) is 79.1 cm³/mol. The molecule has 1 aromatic carbocycles. The lowest BCUT2D eigenvalue weighted by molar-refractivity contribution is 0.256. The van der Waals surface area contributed by atoms with Crippen molar-refractivity contribution in [3.63, 3.8) is 0 Å². The van der Waals surface area contributed by atoms with E-state index in [-0.39, 0.29) is 0 Å². The van der Waals surface area contributed by atoms with E-state index in [2.05, 4.69) is 31.3 Å². The molecule has 1 N–H and O–H groups in total. The minimum Gasteiger partial charge on any atom is -0.316 e. The van der Waals surface area contributed by atoms with Crippen molar-refractivity contribution in [3.8, 4) is 0 Å². The molecule has 1 aliphatic rings. The predicted octanol–water partition coefficient (Wildman–Crippen LogP) is 4.30. The Balaban J connectivity index is 2.03. The van der Waals surface area contributed by atoms with E-state index < -0.39 is 0 Å². The smallest absolute Gasteiger partial charge is 0.0438 e. The van der Waals surface area contributed by atoms with Crippen LogP contribution in [0.15, 0.2) is 24.3 Å². The van der Waals surface area contributed by atoms with Crippen molar-refractivity contribution in [1.82, 2.24) is 5.32 Å². The van der Waals surface area contributed by atoms with Gasteiger partial charge in [0, 0.05) is 11.6 Å². The Morgan fingerprint density at radius 2 is 2.06 bits per heavy atom. The van der Waals surface area contributed by atoms with Gasteiger partial charge in [0.15, 0.2) is 0 Å². The summed E-state index contributed by atoms with van der Waals surface area (Å²) in [7, 11) is 0. The van der Waals surface area contributed by atoms with Crippen LogP contribution in [0.3, 0.4) is 0 Å². The van der Waals surface area contributed by atoms with Gasteiger partial charge < -0.3 is 5.32 Å². The Bertz CT molecular complexity index is 386. The summed E-state index contributed by atoms with van der Waals surface area (Å²) in [4.78, 5) is 0. The summed E-state index contributed by atoms with van der Waals surface area (Å²) in [6.45, 7) is 6.85. The van der Waals surface area contributed by atoms with E-state index in [1.165, 1.54) is 24.8 Å². The molecule has 1 saturated carbocycles. The molecule has 0 heterocycles. The first-order valence-electron chi connectivity index (χ1n) is 7.10. The zero-order chi connectivity index (χ0) is 13.0. The van der Waals surface area contributed by atoms with Gasteiger partial charge in [-0.15, -0.1) is 0 Å². The molecule has 1 fully saturated rings. The fraction of sp³-hybridized carbons (Fsp3) is 0.625. The molecule has 0 aromatic heterocycles. The molecule has 1 atom stereocenters. The second kappa shape index (κ2) is 6.08. The van der Waals surface area contributed by atoms with E-state index in [1.807, 2.05) is 12.1 Å². The van der Waals surface area contributed by atoms with Gasteiger partial charge in [0.2, 0.25) is 0 Å². The lowest BCUT2D eigenvalue weighted by Crippen LogP contribution is -2.36. The Morgan fingerprint density at radius 1 is 1.33 bits per heavy atom. The highest BCUT2D eigenvalue weighted by Gasteiger charge is 2.41. The van der Waals surface area contributed by atoms with Crippen LogP contribution < -0.4 is 5.32 Å². The monoisotopic (exact) mass is 265 g/mol. The standard InChI is InChI=1S/C16H24ClN/c1-3-10-18-12-16(2,14-8-9-14)11-13-6-4-5-7-15(13)17/h4-7,14,18H,3,8-12H2,1-2H3. The van der Waals surface area contributed by atoms with Crippen LogP contribution in [0, 0.1) is 11.3 Å². The van der Waals surface area contributed by atoms with Gasteiger partial charge in [-0.1, -0.05) is 43.6 Å². The molecule has 0 saturated heterocycles. The van der Waals surface area contributed by atoms with Crippen LogP contribution in [-0.2, 0) is 6.42 Å². The fourth-order valence-electron chi connectivity index (χ4n) is 2.76. The van der Waals surface area contributed by atoms with Crippen molar-refractivity contribution in [2.75, 3.05) is 13.1 Å². The van der Waals surface area contributed by atoms with E-state index in [4.69, 9.17) is 11.6 Å². The molecular weight excluding hydrogens is 242 g/mol. The SMILES string of the molecule is CCCNCC(C)(Cc1ccccc1Cl)C1CC1. The molecule has 0 spiro atoms. The topological polar surface area (TPSA) is 12.0 Å². The van der Waals surface area contributed by atoms with E-state index in [0.717, 1.165) is 30.5 Å². The summed E-state index contributed by atoms with van der Waals surface area (Å²) in [5.41, 5.74) is 1.66. The van der Waals surface area contributed by atoms with Crippen LogP contribution in [0.25, 0.3) is 0 Å². The molecular formula is C16H24ClN. The Hall–Kier alpha value is -0.530. The summed E-state index contributed by atoms with van der Waals surface area (Å²) < 4.78 is 0. The minimum absolute atomic E-state index is 0.361. The van der Waals surface area contributed by atoms with Gasteiger partial charge in [-0.2, -0.15) is 0 Å². The molecule has 0 radical (unpaired) electrons. The van der Waals surface area contributed by atoms with Gasteiger partial charge in [0.25, 0.3) is 0 Å². The van der Waals surface area contributed by atoms with Crippen molar-refractivity contribution in [3.05, 3.63) is 34.9 Å². The normalized spacial score (nSPS) is 18.6. The average molecular weight is 266 g/mol. The van der Waals surface area contributed by atoms with Gasteiger partial charge in [-0.05, 0) is 55.2 Å². The molecule has 1 nitrogen and oxygen atoms in total. The number of hydrogen-bond donors (Lipinski definition) is 1. The molecule has 18 heavy (non-hydrogen) atoms. The molecule has 0 bridgehead atoms. The second-order valence-electron chi connectivity index (χ2n) is 5.87. The Morgan fingerprint density at radius 3 is 2.67 bits per heavy atom. The second-order valence-corrected chi connectivity index (χ2v) is 6.28. The Kier molecular flexibility index (Phi) is 4.69. The highest BCUT2D eigenvalue weighted by atomic mass is 35.5. The van der Waals surface area contributed by atoms with E-state index in [0.29, 0.717) is 5.41 Å². The molecule has 2 heteroatoms. The van der Waals surface area contributed by atoms with Crippen LogP contribution >= 0.6 is 11.6 Å². The van der Waals surface area contributed by atoms with Crippen molar-refractivity contribution in [2.24, 2.45) is 11.3 Å². The average Bonchev–Trinajstić information content (AvgIpc) is 3.17. The first kappa shape index (κ1) is 13.9. The first-order chi connectivity index (χ1) is 8.65. The number of nitrogens with one attached hydrogen (secondary N) is 1. The summed E-state index contributed by atoms with van der Waals surface area (Å²) in [5, 5.41) is 4.51. The van der Waals surface area contributed by atoms with E-state index in [1.54, 1.807) is 0 Å². The molecule has 0 aliphatic heterocycles. The van der Waals surface area contributed by atoms with Gasteiger partial charge in [0.05, 0.1) is 0 Å². The van der Waals surface area contributed by atoms with Gasteiger partial charge in [-0.3, -0.25) is 0 Å². The summed E-state index contributed by atoms with van der Waals surface area (Å²) in [6, 6.07) is 8.27. The van der Waals surface area contributed by atoms with Crippen molar-refractivity contribution in [1.29, 1.82) is 0 Å². The maximum absolute atomic E-state index is 6.30. The van der Waals surface area contributed by atoms with Crippen molar-refractivity contribution >= 4 is 11.6 Å². The van der Waals surface area contributed by atoms with Crippen LogP contribution in [0.4, 0.5) is 0 Å². The number of halogens is 1. The van der Waals surface area contributed by atoms with Crippen molar-refractivity contribution in [2.45, 2.75) is 39.5 Å². The largest absolute Gasteiger partial charge is 0.316 e. The fourth-order valence-corrected chi connectivity index (χ4v) is 2.96. The molecule has 1 aliphatic carbocycles. The van der Waals surface area contributed by atoms with Crippen LogP contribution in [-0.4, -0.2) is 13.1 Å². The third-order valence-corrected chi connectivity index (χ3v) is 4.44. The van der Waals surface area contributed by atoms with Gasteiger partial charge in [0.1, 0.15) is 0 Å². The molecule has 1 aromatic rings. The zero-order valence-electron chi connectivity index (χ0n) is 11.5. The highest BCUT2D eigenvalue weighted by Crippen LogP contribution is 2.47. The summed E-state index contributed by atoms with van der Waals surface area (Å²) in [5.74, 6) is 0.873. The highest BCUT2D eigenvalue weighted by molar-refractivity contribution is 6.31. The number of hydrogen-bond acceptors (Lipinski definition) is 1. The van der Waals surface area contributed by atoms with Crippen LogP contribution in [0.5, 0.6) is 0 Å². The quantitative estimate of drug-likeness (QED) is 0.725. The van der Waals surface area contributed by atoms with Crippen molar-refractivity contribution < 1.29 is 0 Å². The minimum atomic E-state index is 0.361. The van der Waals surface area contributed by atoms with Gasteiger partial charge >= 0.3 is 0 Å². The first-order valence-corrected chi connectivity index (χ1v) is 7.47. The zero-order valence-corrected chi connectivity index (χ0v) is 12.3. The molecule has 100 valence electrons. The lowest BCUT2D eigenvalue weighted by atomic mass is 9.79. The van der Waals surface area contributed by atoms with Crippen LogP contribution in [0.1, 0.15) is 38.7 Å². The molecule has 2 rings (SSSR count). The van der Waals surface area contributed by atoms with Crippen LogP contribution in [0.2, 0.25) is 5.02 Å². The van der Waals surface area contributed by atoms with Gasteiger partial charge in [-0.25, -0.2) is 0 Å². The lowest BCUT2D eigenvalue weighted by Gasteiger charge is -2.31. The Labute approximate surface area is 116 Å². The molecule has 1 unspecified atom stereocenters. The van der Waals surface area contributed by atoms with E-state index in [9.17, 15) is 0 Å². The number of benzene rings is 1. The van der Waals surface area contributed by atoms with E-state index >= 15 is 0 Å². The number of rotatable bonds is 7. The maximum atomic E-state index is 6.30. The third-order valence-electron chi connectivity index (χ3n) is 4.07. The third kappa shape index (κ3) is 3.49. The summed E-state index contributed by atoms with van der Waals surface area (Å²) in [6.07, 6.45) is 5.06.